The summed E-state index contributed by atoms with van der Waals surface area (Å²) in [7, 11) is 0. The fraction of sp³-hybridized carbons (Fsp3) is 0.419. The van der Waals surface area contributed by atoms with Crippen molar-refractivity contribution < 1.29 is 54.4 Å². The molecule has 0 aromatic rings. The van der Waals surface area contributed by atoms with E-state index in [4.69, 9.17) is 18.9 Å². The Morgan fingerprint density at radius 1 is 0.655 bits per heavy atom. The summed E-state index contributed by atoms with van der Waals surface area (Å²) in [6.07, 6.45) is -9.22. The first-order valence-corrected chi connectivity index (χ1v) is 16.4. The van der Waals surface area contributed by atoms with E-state index in [9.17, 15) is 35.4 Å². The van der Waals surface area contributed by atoms with Crippen LogP contribution in [0, 0.1) is 142 Å². The van der Waals surface area contributed by atoms with Gasteiger partial charge in [-0.2, -0.15) is 0 Å². The zero-order valence-electron chi connectivity index (χ0n) is 30.0. The Balaban J connectivity index is 2.78. The van der Waals surface area contributed by atoms with Gasteiger partial charge < -0.3 is 54.9 Å². The first-order valence-electron chi connectivity index (χ1n) is 16.4. The molecule has 7 N–H and O–H groups in total. The van der Waals surface area contributed by atoms with Crippen LogP contribution in [0.25, 0.3) is 0 Å². The lowest BCUT2D eigenvalue weighted by molar-refractivity contribution is -0.303. The molecule has 280 valence electrons. The molecule has 1 rings (SSSR count). The van der Waals surface area contributed by atoms with Gasteiger partial charge in [-0.1, -0.05) is 19.3 Å². The molecule has 55 heavy (non-hydrogen) atoms. The molecule has 1 saturated heterocycles. The molecule has 1 aliphatic heterocycles. The van der Waals surface area contributed by atoms with Crippen molar-refractivity contribution in [2.45, 2.75) is 75.6 Å². The normalized spacial score (nSPS) is 18.3. The summed E-state index contributed by atoms with van der Waals surface area (Å²) in [4.78, 5) is 12.5. The van der Waals surface area contributed by atoms with Gasteiger partial charge in [-0.3, -0.25) is 4.79 Å². The Hall–Kier alpha value is -6.21. The van der Waals surface area contributed by atoms with E-state index in [0.717, 1.165) is 12.8 Å². The van der Waals surface area contributed by atoms with E-state index in [1.54, 1.807) is 6.92 Å². The third-order valence-corrected chi connectivity index (χ3v) is 6.33. The first-order chi connectivity index (χ1) is 26.8. The van der Waals surface area contributed by atoms with Crippen molar-refractivity contribution in [2.75, 3.05) is 39.6 Å². The van der Waals surface area contributed by atoms with Crippen LogP contribution < -0.4 is 5.32 Å². The second-order valence-corrected chi connectivity index (χ2v) is 10.3. The summed E-state index contributed by atoms with van der Waals surface area (Å²) in [5, 5.41) is 63.4. The van der Waals surface area contributed by atoms with Gasteiger partial charge in [0.15, 0.2) is 6.29 Å². The predicted octanol–water partition coefficient (Wildman–Crippen LogP) is -3.10. The summed E-state index contributed by atoms with van der Waals surface area (Å²) in [6.45, 7) is 3.08. The number of rotatable bonds is 15. The van der Waals surface area contributed by atoms with Crippen LogP contribution in [0.4, 0.5) is 0 Å². The Morgan fingerprint density at radius 2 is 1.13 bits per heavy atom. The lowest BCUT2D eigenvalue weighted by Crippen LogP contribution is -2.60. The van der Waals surface area contributed by atoms with Gasteiger partial charge in [0, 0.05) is 48.0 Å². The van der Waals surface area contributed by atoms with Crippen molar-refractivity contribution >= 4 is 5.91 Å². The highest BCUT2D eigenvalue weighted by Gasteiger charge is 2.44. The SMILES string of the molecule is CC#CC#CC#CC#CC#CC#CC#CC#CC#CC#CC#CC#CC(=O)N[C@@H](COC1OC(CO)C(O)C(O)C1O)[C@H](O)[C@H](O)COCCOCCCC. The molecule has 0 aromatic heterocycles. The molecule has 12 nitrogen and oxygen atoms in total. The molecule has 12 heteroatoms. The fourth-order valence-electron chi connectivity index (χ4n) is 3.65. The van der Waals surface area contributed by atoms with Gasteiger partial charge in [-0.15, -0.1) is 0 Å². The maximum absolute atomic E-state index is 12.5. The standard InChI is InChI=1S/C43H37NO11/c1-3-5-7-8-9-10-11-12-13-14-15-16-17-18-19-20-21-22-23-24-25-26-27-28-38(47)44-35(39(48)36(46)34-53-31-30-52-29-6-4-2)33-54-43-42(51)41(50)40(49)37(32-45)55-43/h35-37,39-43,45-46,48-51H,4,6,29-34H2,1-2H3,(H,44,47)/t35-,36+,37?,39-,40?,41?,42?,43?/m0/s1. The molecule has 1 fully saturated rings. The molecule has 0 bridgehead atoms. The van der Waals surface area contributed by atoms with Crippen LogP contribution in [-0.2, 0) is 23.7 Å². The number of carbonyl (C=O) groups is 1. The summed E-state index contributed by atoms with van der Waals surface area (Å²) in [5.41, 5.74) is 0. The van der Waals surface area contributed by atoms with Gasteiger partial charge in [0.05, 0.1) is 39.1 Å². The van der Waals surface area contributed by atoms with Gasteiger partial charge in [0.2, 0.25) is 0 Å². The molecule has 0 aromatic carbocycles. The third kappa shape index (κ3) is 22.5. The van der Waals surface area contributed by atoms with Crippen LogP contribution in [0.15, 0.2) is 0 Å². The zero-order chi connectivity index (χ0) is 40.4. The molecule has 8 atom stereocenters. The average molecular weight is 744 g/mol. The fourth-order valence-corrected chi connectivity index (χ4v) is 3.65. The van der Waals surface area contributed by atoms with Crippen LogP contribution >= 0.6 is 0 Å². The Morgan fingerprint density at radius 3 is 1.60 bits per heavy atom. The maximum atomic E-state index is 12.5. The highest BCUT2D eigenvalue weighted by molar-refractivity contribution is 5.94. The van der Waals surface area contributed by atoms with E-state index in [2.05, 4.69) is 147 Å². The van der Waals surface area contributed by atoms with Crippen molar-refractivity contribution in [1.29, 1.82) is 0 Å². The van der Waals surface area contributed by atoms with Crippen molar-refractivity contribution in [3.05, 3.63) is 0 Å². The molecule has 5 unspecified atom stereocenters. The molecule has 0 radical (unpaired) electrons. The molecule has 1 amide bonds. The number of hydrogen-bond acceptors (Lipinski definition) is 11. The van der Waals surface area contributed by atoms with Crippen LogP contribution in [-0.4, -0.2) is 125 Å². The minimum absolute atomic E-state index is 0.141. The third-order valence-electron chi connectivity index (χ3n) is 6.33. The maximum Gasteiger partial charge on any atom is 0.297 e. The zero-order valence-corrected chi connectivity index (χ0v) is 30.0. The topological polar surface area (TPSA) is 187 Å². The van der Waals surface area contributed by atoms with Gasteiger partial charge >= 0.3 is 0 Å². The van der Waals surface area contributed by atoms with Gasteiger partial charge in [0.1, 0.15) is 36.6 Å². The van der Waals surface area contributed by atoms with Crippen LogP contribution in [0.3, 0.4) is 0 Å². The monoisotopic (exact) mass is 743 g/mol. The van der Waals surface area contributed by atoms with Crippen LogP contribution in [0.5, 0.6) is 0 Å². The molecule has 0 aliphatic carbocycles. The van der Waals surface area contributed by atoms with E-state index in [0.29, 0.717) is 6.61 Å². The number of aliphatic hydroxyl groups is 6. The van der Waals surface area contributed by atoms with E-state index in [1.807, 2.05) is 6.92 Å². The first kappa shape index (κ1) is 46.8. The average Bonchev–Trinajstić information content (AvgIpc) is 3.18. The van der Waals surface area contributed by atoms with Crippen molar-refractivity contribution in [3.63, 3.8) is 0 Å². The quantitative estimate of drug-likeness (QED) is 0.0666. The predicted molar refractivity (Wildman–Crippen MR) is 199 cm³/mol. The van der Waals surface area contributed by atoms with Crippen molar-refractivity contribution in [1.82, 2.24) is 5.32 Å². The summed E-state index contributed by atoms with van der Waals surface area (Å²) >= 11 is 0. The number of unbranched alkanes of at least 4 members (excludes halogenated alkanes) is 1. The van der Waals surface area contributed by atoms with Gasteiger partial charge in [-0.25, -0.2) is 0 Å². The smallest absolute Gasteiger partial charge is 0.297 e. The number of carbonyl (C=O) groups excluding carboxylic acids is 1. The van der Waals surface area contributed by atoms with E-state index < -0.39 is 68.1 Å². The van der Waals surface area contributed by atoms with E-state index in [1.165, 1.54) is 0 Å². The summed E-state index contributed by atoms with van der Waals surface area (Å²) < 4.78 is 21.5. The van der Waals surface area contributed by atoms with Crippen molar-refractivity contribution in [2.24, 2.45) is 0 Å². The van der Waals surface area contributed by atoms with E-state index >= 15 is 0 Å². The Labute approximate surface area is 322 Å². The lowest BCUT2D eigenvalue weighted by atomic mass is 9.99. The number of ether oxygens (including phenoxy) is 4. The molecular weight excluding hydrogens is 706 g/mol. The Kier molecular flexibility index (Phi) is 26.7. The second-order valence-electron chi connectivity index (χ2n) is 10.3. The van der Waals surface area contributed by atoms with Gasteiger partial charge in [0.25, 0.3) is 5.91 Å². The highest BCUT2D eigenvalue weighted by Crippen LogP contribution is 2.22. The number of aliphatic hydroxyl groups excluding tert-OH is 6. The highest BCUT2D eigenvalue weighted by atomic mass is 16.7. The largest absolute Gasteiger partial charge is 0.394 e. The number of amides is 1. The summed E-state index contributed by atoms with van der Waals surface area (Å²) in [6, 6.07) is -1.34. The lowest BCUT2D eigenvalue weighted by Gasteiger charge is -2.40. The minimum atomic E-state index is -1.74. The second kappa shape index (κ2) is 31.3. The molecular formula is C43H37NO11. The van der Waals surface area contributed by atoms with Crippen LogP contribution in [0.2, 0.25) is 0 Å². The number of hydrogen-bond donors (Lipinski definition) is 7. The van der Waals surface area contributed by atoms with E-state index in [-0.39, 0.29) is 19.8 Å². The molecule has 0 saturated carbocycles. The van der Waals surface area contributed by atoms with Crippen molar-refractivity contribution in [3.8, 4) is 142 Å². The number of nitrogens with one attached hydrogen (secondary N) is 1. The van der Waals surface area contributed by atoms with Gasteiger partial charge in [-0.05, 0) is 108 Å². The summed E-state index contributed by atoms with van der Waals surface area (Å²) in [5.74, 6) is 57.8. The molecule has 0 spiro atoms. The molecule has 1 aliphatic rings. The Bertz CT molecular complexity index is 2060. The minimum Gasteiger partial charge on any atom is -0.394 e. The molecule has 1 heterocycles. The van der Waals surface area contributed by atoms with Crippen LogP contribution in [0.1, 0.15) is 26.7 Å².